The maximum absolute atomic E-state index is 12.2. The van der Waals surface area contributed by atoms with E-state index < -0.39 is 0 Å². The highest BCUT2D eigenvalue weighted by Crippen LogP contribution is 2.20. The third-order valence-corrected chi connectivity index (χ3v) is 4.44. The summed E-state index contributed by atoms with van der Waals surface area (Å²) in [5.41, 5.74) is 1.12. The van der Waals surface area contributed by atoms with Crippen LogP contribution in [0.15, 0.2) is 24.5 Å². The number of likely N-dealkylation sites (tertiary alicyclic amines) is 1. The van der Waals surface area contributed by atoms with Crippen LogP contribution in [0.3, 0.4) is 0 Å². The molecule has 0 spiro atoms. The normalized spacial score (nSPS) is 24.8. The first-order valence-corrected chi connectivity index (χ1v) is 8.21. The van der Waals surface area contributed by atoms with E-state index in [0.29, 0.717) is 19.1 Å². The fraction of sp³-hybridized carbons (Fsp3) is 0.647. The molecule has 2 fully saturated rings. The van der Waals surface area contributed by atoms with Crippen molar-refractivity contribution < 1.29 is 14.3 Å². The minimum atomic E-state index is 0.153. The zero-order chi connectivity index (χ0) is 15.2. The van der Waals surface area contributed by atoms with Crippen molar-refractivity contribution in [3.05, 3.63) is 30.1 Å². The lowest BCUT2D eigenvalue weighted by molar-refractivity contribution is -0.131. The van der Waals surface area contributed by atoms with Crippen LogP contribution in [0.2, 0.25) is 0 Å². The number of rotatable bonds is 6. The molecule has 1 amide bonds. The number of carbonyl (C=O) groups excluding carboxylic acids is 1. The maximum atomic E-state index is 12.2. The average molecular weight is 304 g/mol. The van der Waals surface area contributed by atoms with Gasteiger partial charge in [0.05, 0.1) is 18.8 Å². The molecule has 2 aliphatic rings. The number of pyridine rings is 1. The van der Waals surface area contributed by atoms with E-state index >= 15 is 0 Å². The van der Waals surface area contributed by atoms with Crippen LogP contribution in [0.4, 0.5) is 0 Å². The van der Waals surface area contributed by atoms with Crippen molar-refractivity contribution in [3.8, 4) is 0 Å². The summed E-state index contributed by atoms with van der Waals surface area (Å²) in [4.78, 5) is 18.2. The summed E-state index contributed by atoms with van der Waals surface area (Å²) in [5.74, 6) is 0.241. The van der Waals surface area contributed by atoms with Crippen LogP contribution in [0.1, 0.15) is 37.7 Å². The lowest BCUT2D eigenvalue weighted by Gasteiger charge is -2.18. The second-order valence-corrected chi connectivity index (χ2v) is 6.09. The van der Waals surface area contributed by atoms with E-state index in [4.69, 9.17) is 9.47 Å². The molecule has 5 nitrogen and oxygen atoms in total. The highest BCUT2D eigenvalue weighted by atomic mass is 16.5. The summed E-state index contributed by atoms with van der Waals surface area (Å²) < 4.78 is 11.5. The van der Waals surface area contributed by atoms with E-state index in [9.17, 15) is 4.79 Å². The van der Waals surface area contributed by atoms with Crippen LogP contribution >= 0.6 is 0 Å². The fourth-order valence-corrected chi connectivity index (χ4v) is 3.10. The molecule has 1 aromatic rings. The minimum Gasteiger partial charge on any atom is -0.378 e. The number of aromatic nitrogens is 1. The largest absolute Gasteiger partial charge is 0.378 e. The van der Waals surface area contributed by atoms with Gasteiger partial charge in [-0.15, -0.1) is 0 Å². The van der Waals surface area contributed by atoms with Crippen molar-refractivity contribution in [2.45, 2.75) is 50.9 Å². The van der Waals surface area contributed by atoms with Gasteiger partial charge in [0.15, 0.2) is 0 Å². The average Bonchev–Trinajstić information content (AvgIpc) is 3.23. The van der Waals surface area contributed by atoms with Gasteiger partial charge in [-0.05, 0) is 43.4 Å². The molecule has 2 atom stereocenters. The first-order chi connectivity index (χ1) is 10.8. The van der Waals surface area contributed by atoms with Crippen molar-refractivity contribution in [1.29, 1.82) is 0 Å². The van der Waals surface area contributed by atoms with Crippen LogP contribution in [0.25, 0.3) is 0 Å². The van der Waals surface area contributed by atoms with Crippen LogP contribution in [-0.4, -0.2) is 47.7 Å². The van der Waals surface area contributed by atoms with Gasteiger partial charge in [-0.3, -0.25) is 9.78 Å². The lowest BCUT2D eigenvalue weighted by atomic mass is 10.1. The molecule has 0 aromatic carbocycles. The van der Waals surface area contributed by atoms with E-state index in [0.717, 1.165) is 50.9 Å². The summed E-state index contributed by atoms with van der Waals surface area (Å²) in [6.07, 6.45) is 8.61. The molecule has 22 heavy (non-hydrogen) atoms. The topological polar surface area (TPSA) is 51.7 Å². The monoisotopic (exact) mass is 304 g/mol. The standard InChI is InChI=1S/C17H24N2O3/c20-17(4-3-15-2-1-11-21-15)19-10-7-16(12-19)22-13-14-5-8-18-9-6-14/h5-6,8-9,15-16H,1-4,7,10-13H2. The Morgan fingerprint density at radius 2 is 2.23 bits per heavy atom. The van der Waals surface area contributed by atoms with Gasteiger partial charge in [-0.2, -0.15) is 0 Å². The summed E-state index contributed by atoms with van der Waals surface area (Å²) >= 11 is 0. The molecule has 2 saturated heterocycles. The van der Waals surface area contributed by atoms with Crippen molar-refractivity contribution in [2.75, 3.05) is 19.7 Å². The molecule has 0 radical (unpaired) electrons. The molecule has 3 rings (SSSR count). The van der Waals surface area contributed by atoms with E-state index in [1.807, 2.05) is 17.0 Å². The second kappa shape index (κ2) is 7.70. The molecule has 2 aliphatic heterocycles. The highest BCUT2D eigenvalue weighted by Gasteiger charge is 2.27. The Hall–Kier alpha value is -1.46. The Morgan fingerprint density at radius 1 is 1.36 bits per heavy atom. The van der Waals surface area contributed by atoms with Gasteiger partial charge in [0.2, 0.25) is 5.91 Å². The Bertz CT molecular complexity index is 474. The van der Waals surface area contributed by atoms with Gasteiger partial charge in [0, 0.05) is 38.5 Å². The SMILES string of the molecule is O=C(CCC1CCCO1)N1CCC(OCc2ccncc2)C1. The van der Waals surface area contributed by atoms with Crippen LogP contribution in [0.5, 0.6) is 0 Å². The number of hydrogen-bond acceptors (Lipinski definition) is 4. The van der Waals surface area contributed by atoms with Crippen LogP contribution in [-0.2, 0) is 20.9 Å². The Morgan fingerprint density at radius 3 is 3.00 bits per heavy atom. The Labute approximate surface area is 131 Å². The lowest BCUT2D eigenvalue weighted by Crippen LogP contribution is -2.30. The van der Waals surface area contributed by atoms with E-state index in [1.54, 1.807) is 12.4 Å². The summed E-state index contributed by atoms with van der Waals surface area (Å²) in [6.45, 7) is 2.97. The first kappa shape index (κ1) is 15.4. The predicted octanol–water partition coefficient (Wildman–Crippen LogP) is 2.16. The molecular formula is C17H24N2O3. The molecule has 0 saturated carbocycles. The van der Waals surface area contributed by atoms with E-state index in [1.165, 1.54) is 0 Å². The second-order valence-electron chi connectivity index (χ2n) is 6.09. The number of ether oxygens (including phenoxy) is 2. The quantitative estimate of drug-likeness (QED) is 0.808. The van der Waals surface area contributed by atoms with Crippen LogP contribution < -0.4 is 0 Å². The zero-order valence-electron chi connectivity index (χ0n) is 12.9. The molecule has 0 bridgehead atoms. The van der Waals surface area contributed by atoms with Crippen molar-refractivity contribution >= 4 is 5.91 Å². The maximum Gasteiger partial charge on any atom is 0.222 e. The van der Waals surface area contributed by atoms with Gasteiger partial charge in [-0.25, -0.2) is 0 Å². The van der Waals surface area contributed by atoms with Crippen molar-refractivity contribution in [3.63, 3.8) is 0 Å². The molecule has 2 unspecified atom stereocenters. The number of hydrogen-bond donors (Lipinski definition) is 0. The molecule has 3 heterocycles. The predicted molar refractivity (Wildman–Crippen MR) is 82.2 cm³/mol. The number of nitrogens with zero attached hydrogens (tertiary/aromatic N) is 2. The summed E-state index contributed by atoms with van der Waals surface area (Å²) in [7, 11) is 0. The molecule has 0 N–H and O–H groups in total. The van der Waals surface area contributed by atoms with Crippen molar-refractivity contribution in [2.24, 2.45) is 0 Å². The minimum absolute atomic E-state index is 0.153. The van der Waals surface area contributed by atoms with E-state index in [-0.39, 0.29) is 12.0 Å². The van der Waals surface area contributed by atoms with Crippen molar-refractivity contribution in [1.82, 2.24) is 9.88 Å². The highest BCUT2D eigenvalue weighted by molar-refractivity contribution is 5.76. The first-order valence-electron chi connectivity index (χ1n) is 8.21. The fourth-order valence-electron chi connectivity index (χ4n) is 3.10. The molecule has 1 aromatic heterocycles. The summed E-state index contributed by atoms with van der Waals surface area (Å²) in [5, 5.41) is 0. The number of amides is 1. The molecule has 0 aliphatic carbocycles. The van der Waals surface area contributed by atoms with Gasteiger partial charge in [0.1, 0.15) is 0 Å². The molecule has 5 heteroatoms. The van der Waals surface area contributed by atoms with Gasteiger partial charge in [-0.1, -0.05) is 0 Å². The van der Waals surface area contributed by atoms with E-state index in [2.05, 4.69) is 4.98 Å². The third-order valence-electron chi connectivity index (χ3n) is 4.44. The third kappa shape index (κ3) is 4.27. The zero-order valence-corrected chi connectivity index (χ0v) is 12.9. The van der Waals surface area contributed by atoms with Gasteiger partial charge < -0.3 is 14.4 Å². The smallest absolute Gasteiger partial charge is 0.222 e. The van der Waals surface area contributed by atoms with Crippen LogP contribution in [0, 0.1) is 0 Å². The van der Waals surface area contributed by atoms with Gasteiger partial charge >= 0.3 is 0 Å². The number of carbonyl (C=O) groups is 1. The Balaban J connectivity index is 1.37. The Kier molecular flexibility index (Phi) is 5.40. The summed E-state index contributed by atoms with van der Waals surface area (Å²) in [6, 6.07) is 3.92. The molecular weight excluding hydrogens is 280 g/mol. The van der Waals surface area contributed by atoms with Gasteiger partial charge in [0.25, 0.3) is 0 Å². The molecule has 120 valence electrons.